The monoisotopic (exact) mass is 340 g/mol. The van der Waals surface area contributed by atoms with Crippen molar-refractivity contribution in [1.29, 1.82) is 0 Å². The molecular weight excluding hydrogens is 332 g/mol. The largest absolute Gasteiger partial charge is 0.457 e. The third-order valence-electron chi connectivity index (χ3n) is 2.75. The van der Waals surface area contributed by atoms with Crippen molar-refractivity contribution in [3.05, 3.63) is 47.0 Å². The van der Waals surface area contributed by atoms with Gasteiger partial charge >= 0.3 is 0 Å². The van der Waals surface area contributed by atoms with Gasteiger partial charge < -0.3 is 14.2 Å². The van der Waals surface area contributed by atoms with Gasteiger partial charge in [0.05, 0.1) is 0 Å². The molecule has 98 valence electrons. The molecule has 0 aliphatic carbocycles. The molecule has 2 aromatic carbocycles. The molecule has 0 radical (unpaired) electrons. The fraction of sp³-hybridized carbons (Fsp3) is 0.143. The highest BCUT2D eigenvalue weighted by atomic mass is 79.9. The quantitative estimate of drug-likeness (QED) is 0.754. The van der Waals surface area contributed by atoms with Crippen LogP contribution in [0.15, 0.2) is 36.4 Å². The normalized spacial score (nSPS) is 12.5. The molecule has 0 aromatic heterocycles. The zero-order valence-corrected chi connectivity index (χ0v) is 12.2. The second-order valence-corrected chi connectivity index (χ2v) is 5.00. The van der Waals surface area contributed by atoms with Gasteiger partial charge in [0.25, 0.3) is 0 Å². The first-order valence-electron chi connectivity index (χ1n) is 5.68. The van der Waals surface area contributed by atoms with Crippen LogP contribution in [0.2, 0.25) is 5.02 Å². The van der Waals surface area contributed by atoms with Crippen LogP contribution in [0.4, 0.5) is 0 Å². The van der Waals surface area contributed by atoms with Crippen molar-refractivity contribution in [3.8, 4) is 23.0 Å². The van der Waals surface area contributed by atoms with E-state index >= 15 is 0 Å². The highest BCUT2D eigenvalue weighted by molar-refractivity contribution is 9.08. The Balaban J connectivity index is 1.90. The lowest BCUT2D eigenvalue weighted by Gasteiger charge is -2.10. The Morgan fingerprint density at radius 1 is 1.11 bits per heavy atom. The Bertz CT molecular complexity index is 616. The summed E-state index contributed by atoms with van der Waals surface area (Å²) < 4.78 is 16.4. The Morgan fingerprint density at radius 3 is 2.79 bits per heavy atom. The molecule has 0 spiro atoms. The van der Waals surface area contributed by atoms with Gasteiger partial charge in [0.15, 0.2) is 11.5 Å². The molecule has 1 aliphatic heterocycles. The molecule has 0 amide bonds. The molecule has 3 rings (SSSR count). The Kier molecular flexibility index (Phi) is 3.53. The summed E-state index contributed by atoms with van der Waals surface area (Å²) in [6.07, 6.45) is 0. The number of hydrogen-bond donors (Lipinski definition) is 0. The van der Waals surface area contributed by atoms with E-state index in [9.17, 15) is 0 Å². The van der Waals surface area contributed by atoms with Crippen molar-refractivity contribution in [1.82, 2.24) is 0 Å². The van der Waals surface area contributed by atoms with Gasteiger partial charge in [-0.05, 0) is 24.3 Å². The van der Waals surface area contributed by atoms with E-state index in [4.69, 9.17) is 25.8 Å². The van der Waals surface area contributed by atoms with Crippen LogP contribution in [-0.4, -0.2) is 6.79 Å². The predicted molar refractivity (Wildman–Crippen MR) is 76.7 cm³/mol. The van der Waals surface area contributed by atoms with Crippen LogP contribution in [0.5, 0.6) is 23.0 Å². The van der Waals surface area contributed by atoms with Gasteiger partial charge in [-0.3, -0.25) is 0 Å². The Labute approximate surface area is 124 Å². The lowest BCUT2D eigenvalue weighted by molar-refractivity contribution is 0.174. The van der Waals surface area contributed by atoms with E-state index in [0.29, 0.717) is 21.9 Å². The smallest absolute Gasteiger partial charge is 0.231 e. The van der Waals surface area contributed by atoms with Gasteiger partial charge in [-0.15, -0.1) is 0 Å². The molecule has 1 heterocycles. The van der Waals surface area contributed by atoms with Gasteiger partial charge in [0, 0.05) is 22.0 Å². The number of ether oxygens (including phenoxy) is 3. The van der Waals surface area contributed by atoms with Crippen molar-refractivity contribution < 1.29 is 14.2 Å². The van der Waals surface area contributed by atoms with Gasteiger partial charge in [-0.1, -0.05) is 33.6 Å². The molecule has 0 bridgehead atoms. The van der Waals surface area contributed by atoms with E-state index in [-0.39, 0.29) is 6.79 Å². The second kappa shape index (κ2) is 5.31. The molecule has 0 saturated heterocycles. The molecule has 0 unspecified atom stereocenters. The van der Waals surface area contributed by atoms with Crippen LogP contribution >= 0.6 is 27.5 Å². The number of hydrogen-bond acceptors (Lipinski definition) is 3. The maximum absolute atomic E-state index is 5.99. The van der Waals surface area contributed by atoms with Gasteiger partial charge in [-0.2, -0.15) is 0 Å². The first kappa shape index (κ1) is 12.6. The number of halogens is 2. The van der Waals surface area contributed by atoms with Gasteiger partial charge in [0.1, 0.15) is 11.5 Å². The molecule has 19 heavy (non-hydrogen) atoms. The summed E-state index contributed by atoms with van der Waals surface area (Å²) in [5, 5.41) is 1.34. The van der Waals surface area contributed by atoms with E-state index in [1.807, 2.05) is 24.3 Å². The zero-order valence-electron chi connectivity index (χ0n) is 9.86. The number of rotatable bonds is 3. The van der Waals surface area contributed by atoms with Crippen molar-refractivity contribution in [2.75, 3.05) is 6.79 Å². The first-order chi connectivity index (χ1) is 9.26. The number of benzene rings is 2. The van der Waals surface area contributed by atoms with Crippen LogP contribution in [0.1, 0.15) is 5.56 Å². The fourth-order valence-electron chi connectivity index (χ4n) is 1.80. The van der Waals surface area contributed by atoms with Gasteiger partial charge in [-0.25, -0.2) is 0 Å². The molecule has 2 aromatic rings. The maximum Gasteiger partial charge on any atom is 0.231 e. The van der Waals surface area contributed by atoms with Crippen LogP contribution in [0.3, 0.4) is 0 Å². The molecule has 1 aliphatic rings. The van der Waals surface area contributed by atoms with E-state index in [1.165, 1.54) is 0 Å². The standard InChI is InChI=1S/C14H10BrClO3/c15-7-9-1-2-10(16)5-13(9)19-11-3-4-12-14(6-11)18-8-17-12/h1-6H,7-8H2. The van der Waals surface area contributed by atoms with Crippen molar-refractivity contribution in [2.24, 2.45) is 0 Å². The summed E-state index contributed by atoms with van der Waals surface area (Å²) in [6, 6.07) is 11.0. The van der Waals surface area contributed by atoms with E-state index in [1.54, 1.807) is 12.1 Å². The summed E-state index contributed by atoms with van der Waals surface area (Å²) in [6.45, 7) is 0.253. The summed E-state index contributed by atoms with van der Waals surface area (Å²) in [5.41, 5.74) is 1.03. The van der Waals surface area contributed by atoms with Crippen molar-refractivity contribution in [2.45, 2.75) is 5.33 Å². The first-order valence-corrected chi connectivity index (χ1v) is 7.18. The molecule has 0 N–H and O–H groups in total. The van der Waals surface area contributed by atoms with Crippen LogP contribution in [0.25, 0.3) is 0 Å². The predicted octanol–water partition coefficient (Wildman–Crippen LogP) is 4.76. The summed E-state index contributed by atoms with van der Waals surface area (Å²) >= 11 is 9.42. The summed E-state index contributed by atoms with van der Waals surface area (Å²) in [5.74, 6) is 2.84. The fourth-order valence-corrected chi connectivity index (χ4v) is 2.43. The SMILES string of the molecule is Clc1ccc(CBr)c(Oc2ccc3c(c2)OCO3)c1. The number of alkyl halides is 1. The highest BCUT2D eigenvalue weighted by Gasteiger charge is 2.14. The summed E-state index contributed by atoms with van der Waals surface area (Å²) in [7, 11) is 0. The Morgan fingerprint density at radius 2 is 1.95 bits per heavy atom. The van der Waals surface area contributed by atoms with Crippen molar-refractivity contribution in [3.63, 3.8) is 0 Å². The summed E-state index contributed by atoms with van der Waals surface area (Å²) in [4.78, 5) is 0. The second-order valence-electron chi connectivity index (χ2n) is 4.00. The molecule has 0 fully saturated rings. The highest BCUT2D eigenvalue weighted by Crippen LogP contribution is 2.37. The van der Waals surface area contributed by atoms with Crippen LogP contribution < -0.4 is 14.2 Å². The van der Waals surface area contributed by atoms with E-state index in [2.05, 4.69) is 15.9 Å². The third-order valence-corrected chi connectivity index (χ3v) is 3.58. The van der Waals surface area contributed by atoms with E-state index in [0.717, 1.165) is 17.1 Å². The van der Waals surface area contributed by atoms with Crippen LogP contribution in [-0.2, 0) is 5.33 Å². The zero-order chi connectivity index (χ0) is 13.2. The molecule has 0 atom stereocenters. The minimum atomic E-state index is 0.253. The average molecular weight is 342 g/mol. The lowest BCUT2D eigenvalue weighted by Crippen LogP contribution is -1.93. The lowest BCUT2D eigenvalue weighted by atomic mass is 10.2. The molecule has 3 nitrogen and oxygen atoms in total. The molecular formula is C14H10BrClO3. The topological polar surface area (TPSA) is 27.7 Å². The molecule has 5 heteroatoms. The van der Waals surface area contributed by atoms with Gasteiger partial charge in [0.2, 0.25) is 6.79 Å². The minimum absolute atomic E-state index is 0.253. The van der Waals surface area contributed by atoms with Crippen molar-refractivity contribution >= 4 is 27.5 Å². The average Bonchev–Trinajstić information content (AvgIpc) is 2.86. The Hall–Kier alpha value is -1.39. The molecule has 0 saturated carbocycles. The third kappa shape index (κ3) is 2.65. The number of fused-ring (bicyclic) bond motifs is 1. The maximum atomic E-state index is 5.99. The minimum Gasteiger partial charge on any atom is -0.457 e. The van der Waals surface area contributed by atoms with Crippen LogP contribution in [0, 0.1) is 0 Å². The van der Waals surface area contributed by atoms with E-state index < -0.39 is 0 Å².